The molecular formula is C20H22FN. The number of aryl methyl sites for hydroxylation is 2. The lowest BCUT2D eigenvalue weighted by Gasteiger charge is -2.37. The Morgan fingerprint density at radius 1 is 0.909 bits per heavy atom. The van der Waals surface area contributed by atoms with Gasteiger partial charge in [0.25, 0.3) is 0 Å². The summed E-state index contributed by atoms with van der Waals surface area (Å²) in [5.41, 5.74) is 7.13. The van der Waals surface area contributed by atoms with E-state index in [4.69, 9.17) is 0 Å². The van der Waals surface area contributed by atoms with E-state index in [1.807, 2.05) is 12.1 Å². The van der Waals surface area contributed by atoms with Gasteiger partial charge in [0.2, 0.25) is 0 Å². The molecule has 0 amide bonds. The van der Waals surface area contributed by atoms with E-state index in [2.05, 4.69) is 24.0 Å². The molecule has 1 atom stereocenters. The fourth-order valence-electron chi connectivity index (χ4n) is 4.02. The SMILES string of the molecule is CC(c1ccc(F)cc1)c1cc2c3c(c1)CCCN3CCC2. The molecule has 0 aromatic heterocycles. The van der Waals surface area contributed by atoms with E-state index < -0.39 is 0 Å². The third-order valence-electron chi connectivity index (χ3n) is 5.22. The van der Waals surface area contributed by atoms with Gasteiger partial charge >= 0.3 is 0 Å². The Labute approximate surface area is 131 Å². The van der Waals surface area contributed by atoms with Crippen LogP contribution in [0.4, 0.5) is 10.1 Å². The summed E-state index contributed by atoms with van der Waals surface area (Å²) in [6.45, 7) is 4.66. The second-order valence-corrected chi connectivity index (χ2v) is 6.66. The van der Waals surface area contributed by atoms with E-state index >= 15 is 0 Å². The Balaban J connectivity index is 1.75. The third kappa shape index (κ3) is 2.31. The lowest BCUT2D eigenvalue weighted by atomic mass is 9.85. The van der Waals surface area contributed by atoms with Crippen LogP contribution in [0.2, 0.25) is 0 Å². The van der Waals surface area contributed by atoms with Gasteiger partial charge in [0.05, 0.1) is 0 Å². The number of halogens is 1. The zero-order valence-corrected chi connectivity index (χ0v) is 13.1. The Morgan fingerprint density at radius 2 is 1.50 bits per heavy atom. The van der Waals surface area contributed by atoms with Crippen LogP contribution in [-0.2, 0) is 12.8 Å². The highest BCUT2D eigenvalue weighted by atomic mass is 19.1. The molecule has 0 saturated carbocycles. The zero-order valence-electron chi connectivity index (χ0n) is 13.1. The zero-order chi connectivity index (χ0) is 15.1. The van der Waals surface area contributed by atoms with Gasteiger partial charge in [0, 0.05) is 24.7 Å². The first-order valence-electron chi connectivity index (χ1n) is 8.38. The maximum absolute atomic E-state index is 13.1. The van der Waals surface area contributed by atoms with Crippen molar-refractivity contribution in [2.45, 2.75) is 38.5 Å². The number of rotatable bonds is 2. The van der Waals surface area contributed by atoms with Crippen LogP contribution in [-0.4, -0.2) is 13.1 Å². The van der Waals surface area contributed by atoms with Gasteiger partial charge in [-0.1, -0.05) is 31.2 Å². The molecule has 0 bridgehead atoms. The molecule has 2 aliphatic rings. The molecule has 2 heteroatoms. The van der Waals surface area contributed by atoms with E-state index in [0.29, 0.717) is 5.92 Å². The monoisotopic (exact) mass is 295 g/mol. The highest BCUT2D eigenvalue weighted by molar-refractivity contribution is 5.64. The van der Waals surface area contributed by atoms with Crippen molar-refractivity contribution in [3.63, 3.8) is 0 Å². The average molecular weight is 295 g/mol. The minimum Gasteiger partial charge on any atom is -0.371 e. The summed E-state index contributed by atoms with van der Waals surface area (Å²) in [5, 5.41) is 0. The number of benzene rings is 2. The normalized spacial score (nSPS) is 18.0. The van der Waals surface area contributed by atoms with E-state index in [-0.39, 0.29) is 5.82 Å². The second-order valence-electron chi connectivity index (χ2n) is 6.66. The van der Waals surface area contributed by atoms with Crippen molar-refractivity contribution in [1.82, 2.24) is 0 Å². The van der Waals surface area contributed by atoms with Crippen LogP contribution >= 0.6 is 0 Å². The summed E-state index contributed by atoms with van der Waals surface area (Å²) in [5.74, 6) is 0.159. The van der Waals surface area contributed by atoms with E-state index in [1.165, 1.54) is 66.7 Å². The molecule has 0 spiro atoms. The molecule has 1 unspecified atom stereocenters. The highest BCUT2D eigenvalue weighted by Gasteiger charge is 2.25. The standard InChI is InChI=1S/C20H22FN/c1-14(15-6-8-19(21)9-7-15)18-12-16-4-2-10-22-11-3-5-17(13-18)20(16)22/h6-9,12-14H,2-5,10-11H2,1H3. The predicted octanol–water partition coefficient (Wildman–Crippen LogP) is 4.68. The Morgan fingerprint density at radius 3 is 2.09 bits per heavy atom. The fourth-order valence-corrected chi connectivity index (χ4v) is 4.02. The summed E-state index contributed by atoms with van der Waals surface area (Å²) in [6.07, 6.45) is 4.92. The van der Waals surface area contributed by atoms with Gasteiger partial charge in [-0.05, 0) is 60.1 Å². The first-order valence-corrected chi connectivity index (χ1v) is 8.38. The molecule has 2 heterocycles. The van der Waals surface area contributed by atoms with E-state index in [9.17, 15) is 4.39 Å². The molecule has 2 aromatic rings. The third-order valence-corrected chi connectivity index (χ3v) is 5.22. The molecule has 0 saturated heterocycles. The van der Waals surface area contributed by atoms with Crippen molar-refractivity contribution in [2.75, 3.05) is 18.0 Å². The molecule has 22 heavy (non-hydrogen) atoms. The Kier molecular flexibility index (Phi) is 3.40. The van der Waals surface area contributed by atoms with Crippen molar-refractivity contribution < 1.29 is 4.39 Å². The molecule has 0 radical (unpaired) electrons. The average Bonchev–Trinajstić information content (AvgIpc) is 2.55. The fraction of sp³-hybridized carbons (Fsp3) is 0.400. The van der Waals surface area contributed by atoms with Gasteiger partial charge in [0.15, 0.2) is 0 Å². The Hall–Kier alpha value is -1.83. The Bertz CT molecular complexity index is 658. The summed E-state index contributed by atoms with van der Waals surface area (Å²) < 4.78 is 13.1. The van der Waals surface area contributed by atoms with Crippen LogP contribution in [0.1, 0.15) is 47.9 Å². The van der Waals surface area contributed by atoms with Gasteiger partial charge in [-0.15, -0.1) is 0 Å². The molecule has 0 aliphatic carbocycles. The summed E-state index contributed by atoms with van der Waals surface area (Å²) in [4.78, 5) is 2.57. The van der Waals surface area contributed by atoms with Crippen LogP contribution in [0.5, 0.6) is 0 Å². The van der Waals surface area contributed by atoms with Crippen molar-refractivity contribution in [3.8, 4) is 0 Å². The molecule has 2 aliphatic heterocycles. The molecule has 4 rings (SSSR count). The van der Waals surface area contributed by atoms with E-state index in [1.54, 1.807) is 12.1 Å². The quantitative estimate of drug-likeness (QED) is 0.778. The molecule has 114 valence electrons. The summed E-state index contributed by atoms with van der Waals surface area (Å²) in [7, 11) is 0. The number of nitrogens with zero attached hydrogens (tertiary/aromatic N) is 1. The molecular weight excluding hydrogens is 273 g/mol. The summed E-state index contributed by atoms with van der Waals surface area (Å²) in [6, 6.07) is 11.7. The molecule has 2 aromatic carbocycles. The molecule has 0 N–H and O–H groups in total. The smallest absolute Gasteiger partial charge is 0.123 e. The van der Waals surface area contributed by atoms with Crippen molar-refractivity contribution in [1.29, 1.82) is 0 Å². The van der Waals surface area contributed by atoms with Gasteiger partial charge in [-0.2, -0.15) is 0 Å². The minimum absolute atomic E-state index is 0.160. The lowest BCUT2D eigenvalue weighted by Crippen LogP contribution is -2.34. The maximum atomic E-state index is 13.1. The van der Waals surface area contributed by atoms with Gasteiger partial charge < -0.3 is 4.90 Å². The van der Waals surface area contributed by atoms with Crippen molar-refractivity contribution >= 4 is 5.69 Å². The first-order chi connectivity index (χ1) is 10.7. The topological polar surface area (TPSA) is 3.24 Å². The second kappa shape index (κ2) is 5.42. The lowest BCUT2D eigenvalue weighted by molar-refractivity contribution is 0.626. The van der Waals surface area contributed by atoms with Gasteiger partial charge in [-0.25, -0.2) is 4.39 Å². The van der Waals surface area contributed by atoms with Gasteiger partial charge in [0.1, 0.15) is 5.82 Å². The van der Waals surface area contributed by atoms with E-state index in [0.717, 1.165) is 0 Å². The molecule has 1 nitrogen and oxygen atoms in total. The van der Waals surface area contributed by atoms with Gasteiger partial charge in [-0.3, -0.25) is 0 Å². The van der Waals surface area contributed by atoms with Crippen molar-refractivity contribution in [3.05, 3.63) is 64.5 Å². The van der Waals surface area contributed by atoms with Crippen LogP contribution in [0, 0.1) is 5.82 Å². The number of hydrogen-bond donors (Lipinski definition) is 0. The summed E-state index contributed by atoms with van der Waals surface area (Å²) >= 11 is 0. The largest absolute Gasteiger partial charge is 0.371 e. The minimum atomic E-state index is -0.160. The molecule has 0 fully saturated rings. The van der Waals surface area contributed by atoms with Crippen LogP contribution in [0.3, 0.4) is 0 Å². The van der Waals surface area contributed by atoms with Crippen LogP contribution in [0.15, 0.2) is 36.4 Å². The van der Waals surface area contributed by atoms with Crippen LogP contribution in [0.25, 0.3) is 0 Å². The van der Waals surface area contributed by atoms with Crippen LogP contribution < -0.4 is 4.90 Å². The predicted molar refractivity (Wildman–Crippen MR) is 89.2 cm³/mol. The number of hydrogen-bond acceptors (Lipinski definition) is 1. The maximum Gasteiger partial charge on any atom is 0.123 e. The van der Waals surface area contributed by atoms with Crippen molar-refractivity contribution in [2.24, 2.45) is 0 Å². The first kappa shape index (κ1) is 13.8. The highest BCUT2D eigenvalue weighted by Crippen LogP contribution is 2.38. The number of anilines is 1.